The van der Waals surface area contributed by atoms with Gasteiger partial charge in [-0.2, -0.15) is 0 Å². The first-order valence-electron chi connectivity index (χ1n) is 6.46. The maximum absolute atomic E-state index is 13.9. The van der Waals surface area contributed by atoms with E-state index in [0.29, 0.717) is 0 Å². The van der Waals surface area contributed by atoms with Gasteiger partial charge in [-0.25, -0.2) is 13.2 Å². The lowest BCUT2D eigenvalue weighted by atomic mass is 9.96. The van der Waals surface area contributed by atoms with Crippen molar-refractivity contribution in [1.29, 1.82) is 0 Å². The molecule has 1 rings (SSSR count). The van der Waals surface area contributed by atoms with E-state index in [-0.39, 0.29) is 19.3 Å². The number of carbonyl (C=O) groups excluding carboxylic acids is 3. The summed E-state index contributed by atoms with van der Waals surface area (Å²) in [7, 11) is 0. The second-order valence-electron chi connectivity index (χ2n) is 4.14. The minimum atomic E-state index is -2.24. The molecule has 126 valence electrons. The molecule has 0 aliphatic heterocycles. The average Bonchev–Trinajstić information content (AvgIpc) is 2.45. The largest absolute Gasteiger partial charge is 0.465 e. The van der Waals surface area contributed by atoms with Crippen LogP contribution in [0.5, 0.6) is 0 Å². The van der Waals surface area contributed by atoms with Gasteiger partial charge in [0.05, 0.1) is 18.8 Å². The molecule has 1 aromatic rings. The van der Waals surface area contributed by atoms with Crippen LogP contribution in [0.2, 0.25) is 5.02 Å². The number of benzene rings is 1. The van der Waals surface area contributed by atoms with Gasteiger partial charge < -0.3 is 9.47 Å². The normalized spacial score (nSPS) is 10.6. The quantitative estimate of drug-likeness (QED) is 0.259. The molecule has 0 heterocycles. The number of hydrogen-bond acceptors (Lipinski definition) is 5. The maximum atomic E-state index is 13.9. The van der Waals surface area contributed by atoms with Gasteiger partial charge in [-0.3, -0.25) is 14.4 Å². The van der Waals surface area contributed by atoms with Gasteiger partial charge in [0.2, 0.25) is 5.92 Å². The molecule has 1 aromatic carbocycles. The number of carbonyl (C=O) groups is 3. The lowest BCUT2D eigenvalue weighted by molar-refractivity contribution is -0.158. The van der Waals surface area contributed by atoms with Crippen LogP contribution in [0.25, 0.3) is 0 Å². The first-order chi connectivity index (χ1) is 10.8. The molecular weight excluding hydrogens is 341 g/mol. The molecule has 0 spiro atoms. The maximum Gasteiger partial charge on any atom is 0.328 e. The Kier molecular flexibility index (Phi) is 6.56. The number of Topliss-reactive ketones (excluding diaryl/α,β-unsaturated/α-hetero) is 1. The molecule has 23 heavy (non-hydrogen) atoms. The highest BCUT2D eigenvalue weighted by Crippen LogP contribution is 2.27. The van der Waals surface area contributed by atoms with Crippen LogP contribution >= 0.6 is 11.6 Å². The molecule has 0 unspecified atom stereocenters. The third kappa shape index (κ3) is 4.01. The molecule has 0 bridgehead atoms. The van der Waals surface area contributed by atoms with Crippen molar-refractivity contribution in [2.75, 3.05) is 13.2 Å². The molecule has 0 aromatic heterocycles. The van der Waals surface area contributed by atoms with Crippen molar-refractivity contribution in [2.24, 2.45) is 5.92 Å². The Bertz CT molecular complexity index is 630. The molecule has 0 amide bonds. The predicted molar refractivity (Wildman–Crippen MR) is 72.4 cm³/mol. The van der Waals surface area contributed by atoms with Crippen LogP contribution in [0, 0.1) is 23.4 Å². The van der Waals surface area contributed by atoms with Crippen molar-refractivity contribution >= 4 is 29.3 Å². The number of ether oxygens (including phenoxy) is 2. The van der Waals surface area contributed by atoms with Crippen molar-refractivity contribution in [3.63, 3.8) is 0 Å². The SMILES string of the molecule is CCOC(=O)C(C(=O)OCC)C(=O)c1c(F)cc(F)c(Cl)c1F. The lowest BCUT2D eigenvalue weighted by Gasteiger charge is -2.14. The molecule has 0 N–H and O–H groups in total. The Hall–Kier alpha value is -2.09. The van der Waals surface area contributed by atoms with Gasteiger partial charge in [-0.1, -0.05) is 11.6 Å². The van der Waals surface area contributed by atoms with Crippen LogP contribution < -0.4 is 0 Å². The summed E-state index contributed by atoms with van der Waals surface area (Å²) in [5.74, 6) is -11.2. The fourth-order valence-corrected chi connectivity index (χ4v) is 1.85. The van der Waals surface area contributed by atoms with Crippen molar-refractivity contribution in [1.82, 2.24) is 0 Å². The van der Waals surface area contributed by atoms with E-state index in [1.54, 1.807) is 0 Å². The van der Waals surface area contributed by atoms with Gasteiger partial charge in [-0.15, -0.1) is 0 Å². The Morgan fingerprint density at radius 3 is 1.96 bits per heavy atom. The van der Waals surface area contributed by atoms with Gasteiger partial charge in [0.25, 0.3) is 0 Å². The van der Waals surface area contributed by atoms with E-state index < -0.39 is 51.7 Å². The second kappa shape index (κ2) is 7.96. The summed E-state index contributed by atoms with van der Waals surface area (Å²) in [4.78, 5) is 35.7. The third-order valence-corrected chi connectivity index (χ3v) is 3.01. The van der Waals surface area contributed by atoms with E-state index in [1.807, 2.05) is 0 Å². The molecule has 0 aliphatic carbocycles. The van der Waals surface area contributed by atoms with E-state index >= 15 is 0 Å². The van der Waals surface area contributed by atoms with Gasteiger partial charge in [0.15, 0.2) is 11.6 Å². The molecule has 0 saturated heterocycles. The number of halogens is 4. The zero-order valence-electron chi connectivity index (χ0n) is 12.1. The van der Waals surface area contributed by atoms with Crippen LogP contribution in [-0.2, 0) is 19.1 Å². The molecule has 0 radical (unpaired) electrons. The molecule has 0 fully saturated rings. The first-order valence-corrected chi connectivity index (χ1v) is 6.84. The van der Waals surface area contributed by atoms with Crippen LogP contribution in [0.3, 0.4) is 0 Å². The zero-order valence-corrected chi connectivity index (χ0v) is 12.9. The average molecular weight is 353 g/mol. The Morgan fingerprint density at radius 1 is 1.04 bits per heavy atom. The molecule has 0 atom stereocenters. The minimum absolute atomic E-state index is 0.173. The number of hydrogen-bond donors (Lipinski definition) is 0. The minimum Gasteiger partial charge on any atom is -0.465 e. The van der Waals surface area contributed by atoms with Crippen molar-refractivity contribution in [3.8, 4) is 0 Å². The standard InChI is InChI=1S/C14H12ClF3O5/c1-3-22-13(20)9(14(21)23-4-2)12(19)8-6(16)5-7(17)10(15)11(8)18/h5,9H,3-4H2,1-2H3. The lowest BCUT2D eigenvalue weighted by Crippen LogP contribution is -2.36. The fraction of sp³-hybridized carbons (Fsp3) is 0.357. The fourth-order valence-electron chi connectivity index (χ4n) is 1.70. The van der Waals surface area contributed by atoms with E-state index in [2.05, 4.69) is 9.47 Å². The van der Waals surface area contributed by atoms with Crippen LogP contribution in [0.15, 0.2) is 6.07 Å². The smallest absolute Gasteiger partial charge is 0.328 e. The summed E-state index contributed by atoms with van der Waals surface area (Å²) in [5, 5.41) is -1.14. The Balaban J connectivity index is 3.38. The summed E-state index contributed by atoms with van der Waals surface area (Å²) < 4.78 is 49.8. The summed E-state index contributed by atoms with van der Waals surface area (Å²) in [5.41, 5.74) is -1.32. The van der Waals surface area contributed by atoms with Crippen LogP contribution in [0.1, 0.15) is 24.2 Å². The number of ketones is 1. The van der Waals surface area contributed by atoms with Crippen molar-refractivity contribution < 1.29 is 37.0 Å². The molecule has 0 saturated carbocycles. The van der Waals surface area contributed by atoms with E-state index in [4.69, 9.17) is 11.6 Å². The van der Waals surface area contributed by atoms with Gasteiger partial charge in [0, 0.05) is 6.07 Å². The van der Waals surface area contributed by atoms with Gasteiger partial charge in [-0.05, 0) is 13.8 Å². The van der Waals surface area contributed by atoms with Crippen molar-refractivity contribution in [3.05, 3.63) is 34.1 Å². The Labute approximate surface area is 134 Å². The number of esters is 2. The second-order valence-corrected chi connectivity index (χ2v) is 4.52. The highest BCUT2D eigenvalue weighted by Gasteiger charge is 2.40. The topological polar surface area (TPSA) is 69.7 Å². The Morgan fingerprint density at radius 2 is 1.52 bits per heavy atom. The van der Waals surface area contributed by atoms with Crippen LogP contribution in [-0.4, -0.2) is 30.9 Å². The highest BCUT2D eigenvalue weighted by molar-refractivity contribution is 6.31. The molecule has 9 heteroatoms. The molecule has 0 aliphatic rings. The van der Waals surface area contributed by atoms with Crippen molar-refractivity contribution in [2.45, 2.75) is 13.8 Å². The summed E-state index contributed by atoms with van der Waals surface area (Å²) >= 11 is 5.28. The van der Waals surface area contributed by atoms with Gasteiger partial charge >= 0.3 is 11.9 Å². The van der Waals surface area contributed by atoms with E-state index in [1.165, 1.54) is 13.8 Å². The summed E-state index contributed by atoms with van der Waals surface area (Å²) in [6, 6.07) is 0.173. The van der Waals surface area contributed by atoms with Gasteiger partial charge in [0.1, 0.15) is 16.7 Å². The van der Waals surface area contributed by atoms with E-state index in [0.717, 1.165) is 0 Å². The predicted octanol–water partition coefficient (Wildman–Crippen LogP) is 2.68. The van der Waals surface area contributed by atoms with Crippen LogP contribution in [0.4, 0.5) is 13.2 Å². The zero-order chi connectivity index (χ0) is 17.7. The highest BCUT2D eigenvalue weighted by atomic mass is 35.5. The molecular formula is C14H12ClF3O5. The summed E-state index contributed by atoms with van der Waals surface area (Å²) in [6.45, 7) is 2.44. The third-order valence-electron chi connectivity index (χ3n) is 2.67. The van der Waals surface area contributed by atoms with E-state index in [9.17, 15) is 27.6 Å². The first kappa shape index (κ1) is 19.0. The monoisotopic (exact) mass is 352 g/mol. The summed E-state index contributed by atoms with van der Waals surface area (Å²) in [6.07, 6.45) is 0. The molecule has 5 nitrogen and oxygen atoms in total. The number of rotatable bonds is 6.